The Kier molecular flexibility index (Phi) is 6.20. The number of anilines is 1. The Morgan fingerprint density at radius 1 is 1.33 bits per heavy atom. The molecule has 0 bridgehead atoms. The van der Waals surface area contributed by atoms with Gasteiger partial charge in [-0.05, 0) is 32.0 Å². The second-order valence-corrected chi connectivity index (χ2v) is 5.94. The summed E-state index contributed by atoms with van der Waals surface area (Å²) < 4.78 is 0. The fraction of sp³-hybridized carbons (Fsp3) is 0.312. The lowest BCUT2D eigenvalue weighted by atomic mass is 10.1. The summed E-state index contributed by atoms with van der Waals surface area (Å²) in [6.07, 6.45) is 3.95. The smallest absolute Gasteiger partial charge is 0.319 e. The highest BCUT2D eigenvalue weighted by molar-refractivity contribution is 6.34. The summed E-state index contributed by atoms with van der Waals surface area (Å²) in [5, 5.41) is 8.52. The first kappa shape index (κ1) is 17.8. The summed E-state index contributed by atoms with van der Waals surface area (Å²) in [5.41, 5.74) is 1.75. The predicted molar refractivity (Wildman–Crippen MR) is 93.4 cm³/mol. The van der Waals surface area contributed by atoms with Crippen LogP contribution < -0.4 is 16.0 Å². The van der Waals surface area contributed by atoms with Gasteiger partial charge in [0, 0.05) is 36.6 Å². The van der Waals surface area contributed by atoms with E-state index in [0.717, 1.165) is 5.69 Å². The Morgan fingerprint density at radius 3 is 2.79 bits per heavy atom. The zero-order chi connectivity index (χ0) is 17.5. The molecule has 0 saturated heterocycles. The van der Waals surface area contributed by atoms with Crippen LogP contribution in [-0.2, 0) is 6.42 Å². The normalized spacial score (nSPS) is 10.5. The molecule has 1 heterocycles. The number of imidazole rings is 1. The van der Waals surface area contributed by atoms with E-state index in [1.54, 1.807) is 30.7 Å². The molecule has 0 spiro atoms. The van der Waals surface area contributed by atoms with E-state index in [9.17, 15) is 9.59 Å². The molecule has 0 aliphatic rings. The van der Waals surface area contributed by atoms with E-state index in [2.05, 4.69) is 25.9 Å². The number of nitrogens with zero attached hydrogens (tertiary/aromatic N) is 1. The lowest BCUT2D eigenvalue weighted by Gasteiger charge is -2.12. The number of nitrogens with one attached hydrogen (secondary N) is 4. The SMILES string of the molecule is CC(C)NC(=O)c1cc(NC(=O)NCCc2cnc[nH]2)ccc1Cl. The second-order valence-electron chi connectivity index (χ2n) is 5.53. The minimum Gasteiger partial charge on any atom is -0.350 e. The van der Waals surface area contributed by atoms with Crippen molar-refractivity contribution in [2.45, 2.75) is 26.3 Å². The van der Waals surface area contributed by atoms with Crippen molar-refractivity contribution >= 4 is 29.2 Å². The Balaban J connectivity index is 1.91. The summed E-state index contributed by atoms with van der Waals surface area (Å²) in [6, 6.07) is 4.41. The molecule has 0 unspecified atom stereocenters. The van der Waals surface area contributed by atoms with Crippen molar-refractivity contribution in [3.8, 4) is 0 Å². The van der Waals surface area contributed by atoms with E-state index in [1.807, 2.05) is 13.8 Å². The van der Waals surface area contributed by atoms with Crippen molar-refractivity contribution in [3.05, 3.63) is 47.0 Å². The van der Waals surface area contributed by atoms with E-state index in [-0.39, 0.29) is 18.0 Å². The number of carbonyl (C=O) groups excluding carboxylic acids is 2. The molecular weight excluding hydrogens is 330 g/mol. The second kappa shape index (κ2) is 8.35. The Labute approximate surface area is 145 Å². The average molecular weight is 350 g/mol. The van der Waals surface area contributed by atoms with E-state index >= 15 is 0 Å². The van der Waals surface area contributed by atoms with Crippen LogP contribution in [0.1, 0.15) is 29.9 Å². The topological polar surface area (TPSA) is 98.9 Å². The van der Waals surface area contributed by atoms with Gasteiger partial charge in [-0.15, -0.1) is 0 Å². The Hall–Kier alpha value is -2.54. The minimum absolute atomic E-state index is 0.00374. The first-order valence-corrected chi connectivity index (χ1v) is 7.96. The lowest BCUT2D eigenvalue weighted by molar-refractivity contribution is 0.0943. The van der Waals surface area contributed by atoms with Gasteiger partial charge in [-0.2, -0.15) is 0 Å². The summed E-state index contributed by atoms with van der Waals surface area (Å²) in [5.74, 6) is -0.279. The molecule has 0 aliphatic carbocycles. The first-order chi connectivity index (χ1) is 11.5. The third kappa shape index (κ3) is 5.27. The highest BCUT2D eigenvalue weighted by Gasteiger charge is 2.13. The molecule has 3 amide bonds. The van der Waals surface area contributed by atoms with Crippen molar-refractivity contribution in [1.29, 1.82) is 0 Å². The maximum Gasteiger partial charge on any atom is 0.319 e. The molecular formula is C16H20ClN5O2. The number of H-pyrrole nitrogens is 1. The number of halogens is 1. The Bertz CT molecular complexity index is 700. The molecule has 24 heavy (non-hydrogen) atoms. The fourth-order valence-electron chi connectivity index (χ4n) is 2.02. The molecule has 2 aromatic rings. The van der Waals surface area contributed by atoms with Crippen LogP contribution in [0.25, 0.3) is 0 Å². The molecule has 0 radical (unpaired) electrons. The van der Waals surface area contributed by atoms with Crippen molar-refractivity contribution in [1.82, 2.24) is 20.6 Å². The minimum atomic E-state index is -0.355. The third-order valence-electron chi connectivity index (χ3n) is 3.12. The molecule has 1 aromatic carbocycles. The number of rotatable bonds is 6. The number of amides is 3. The fourth-order valence-corrected chi connectivity index (χ4v) is 2.23. The largest absolute Gasteiger partial charge is 0.350 e. The molecule has 0 aliphatic heterocycles. The average Bonchev–Trinajstić information content (AvgIpc) is 3.01. The van der Waals surface area contributed by atoms with Crippen LogP contribution in [0, 0.1) is 0 Å². The number of hydrogen-bond acceptors (Lipinski definition) is 3. The molecule has 0 saturated carbocycles. The van der Waals surface area contributed by atoms with Gasteiger partial charge in [0.1, 0.15) is 0 Å². The molecule has 0 atom stereocenters. The molecule has 4 N–H and O–H groups in total. The molecule has 0 fully saturated rings. The van der Waals surface area contributed by atoms with Gasteiger partial charge < -0.3 is 20.9 Å². The van der Waals surface area contributed by atoms with E-state index in [0.29, 0.717) is 29.2 Å². The summed E-state index contributed by atoms with van der Waals surface area (Å²) in [6.45, 7) is 4.18. The highest BCUT2D eigenvalue weighted by atomic mass is 35.5. The monoisotopic (exact) mass is 349 g/mol. The number of urea groups is 1. The Morgan fingerprint density at radius 2 is 2.12 bits per heavy atom. The van der Waals surface area contributed by atoms with Crippen molar-refractivity contribution in [2.24, 2.45) is 0 Å². The number of carbonyl (C=O) groups is 2. The quantitative estimate of drug-likeness (QED) is 0.645. The number of benzene rings is 1. The molecule has 128 valence electrons. The summed E-state index contributed by atoms with van der Waals surface area (Å²) in [4.78, 5) is 30.9. The van der Waals surface area contributed by atoms with Crippen LogP contribution in [0.4, 0.5) is 10.5 Å². The number of aromatic amines is 1. The molecule has 1 aromatic heterocycles. The molecule has 2 rings (SSSR count). The zero-order valence-corrected chi connectivity index (χ0v) is 14.3. The van der Waals surface area contributed by atoms with E-state index < -0.39 is 0 Å². The van der Waals surface area contributed by atoms with Gasteiger partial charge in [0.2, 0.25) is 0 Å². The van der Waals surface area contributed by atoms with Gasteiger partial charge in [0.25, 0.3) is 5.91 Å². The summed E-state index contributed by atoms with van der Waals surface area (Å²) in [7, 11) is 0. The van der Waals surface area contributed by atoms with Crippen LogP contribution in [0.3, 0.4) is 0 Å². The van der Waals surface area contributed by atoms with Gasteiger partial charge >= 0.3 is 6.03 Å². The van der Waals surface area contributed by atoms with Crippen molar-refractivity contribution in [3.63, 3.8) is 0 Å². The number of hydrogen-bond donors (Lipinski definition) is 4. The standard InChI is InChI=1S/C16H20ClN5O2/c1-10(2)21-15(23)13-7-11(3-4-14(13)17)22-16(24)19-6-5-12-8-18-9-20-12/h3-4,7-10H,5-6H2,1-2H3,(H,18,20)(H,21,23)(H2,19,22,24). The molecule has 8 heteroatoms. The maximum absolute atomic E-state index is 12.1. The van der Waals surface area contributed by atoms with Crippen LogP contribution in [-0.4, -0.2) is 34.5 Å². The predicted octanol–water partition coefficient (Wildman–Crippen LogP) is 2.57. The van der Waals surface area contributed by atoms with Crippen molar-refractivity contribution < 1.29 is 9.59 Å². The number of aromatic nitrogens is 2. The summed E-state index contributed by atoms with van der Waals surface area (Å²) >= 11 is 6.05. The van der Waals surface area contributed by atoms with Crippen LogP contribution in [0.15, 0.2) is 30.7 Å². The molecule has 7 nitrogen and oxygen atoms in total. The van der Waals surface area contributed by atoms with Gasteiger partial charge in [-0.3, -0.25) is 4.79 Å². The lowest BCUT2D eigenvalue weighted by Crippen LogP contribution is -2.31. The van der Waals surface area contributed by atoms with Crippen LogP contribution >= 0.6 is 11.6 Å². The van der Waals surface area contributed by atoms with Gasteiger partial charge in [-0.25, -0.2) is 9.78 Å². The highest BCUT2D eigenvalue weighted by Crippen LogP contribution is 2.20. The van der Waals surface area contributed by atoms with Gasteiger partial charge in [0.15, 0.2) is 0 Å². The van der Waals surface area contributed by atoms with Crippen molar-refractivity contribution in [2.75, 3.05) is 11.9 Å². The van der Waals surface area contributed by atoms with Gasteiger partial charge in [-0.1, -0.05) is 11.6 Å². The third-order valence-corrected chi connectivity index (χ3v) is 3.45. The van der Waals surface area contributed by atoms with E-state index in [4.69, 9.17) is 11.6 Å². The van der Waals surface area contributed by atoms with Crippen LogP contribution in [0.2, 0.25) is 5.02 Å². The van der Waals surface area contributed by atoms with E-state index in [1.165, 1.54) is 0 Å². The first-order valence-electron chi connectivity index (χ1n) is 7.58. The maximum atomic E-state index is 12.1. The van der Waals surface area contributed by atoms with Crippen LogP contribution in [0.5, 0.6) is 0 Å². The van der Waals surface area contributed by atoms with Gasteiger partial charge in [0.05, 0.1) is 16.9 Å². The zero-order valence-electron chi connectivity index (χ0n) is 13.5.